The first kappa shape index (κ1) is 16.1. The van der Waals surface area contributed by atoms with E-state index in [2.05, 4.69) is 6.58 Å². The number of aromatic hydroxyl groups is 1. The standard InChI is InChI=1S/C18H17ClO3/c1-3-11-22-18(21)14-9-10-15(20)17(19)16(14)13-7-5-12(4-2)6-8-13/h4-10,20H,2-3,11H2,1H3. The van der Waals surface area contributed by atoms with Crippen LogP contribution in [0, 0.1) is 0 Å². The number of esters is 1. The Hall–Kier alpha value is -2.26. The van der Waals surface area contributed by atoms with Crippen LogP contribution in [0.2, 0.25) is 5.02 Å². The van der Waals surface area contributed by atoms with E-state index in [1.165, 1.54) is 12.1 Å². The van der Waals surface area contributed by atoms with Crippen molar-refractivity contribution in [1.29, 1.82) is 0 Å². The molecule has 0 saturated carbocycles. The average Bonchev–Trinajstić information content (AvgIpc) is 2.55. The zero-order chi connectivity index (χ0) is 16.1. The Morgan fingerprint density at radius 2 is 1.95 bits per heavy atom. The van der Waals surface area contributed by atoms with Crippen LogP contribution in [-0.2, 0) is 4.74 Å². The number of phenols is 1. The van der Waals surface area contributed by atoms with Crippen LogP contribution in [0.3, 0.4) is 0 Å². The average molecular weight is 317 g/mol. The second kappa shape index (κ2) is 7.14. The van der Waals surface area contributed by atoms with Crippen molar-refractivity contribution in [2.24, 2.45) is 0 Å². The smallest absolute Gasteiger partial charge is 0.338 e. The maximum Gasteiger partial charge on any atom is 0.338 e. The third-order valence-electron chi connectivity index (χ3n) is 3.21. The maximum atomic E-state index is 12.2. The number of hydrogen-bond donors (Lipinski definition) is 1. The normalized spacial score (nSPS) is 10.3. The summed E-state index contributed by atoms with van der Waals surface area (Å²) in [6.45, 7) is 5.97. The Morgan fingerprint density at radius 1 is 1.27 bits per heavy atom. The van der Waals surface area contributed by atoms with Crippen molar-refractivity contribution in [3.05, 3.63) is 59.1 Å². The molecule has 2 aromatic carbocycles. The number of rotatable bonds is 5. The van der Waals surface area contributed by atoms with Gasteiger partial charge in [-0.2, -0.15) is 0 Å². The van der Waals surface area contributed by atoms with E-state index >= 15 is 0 Å². The predicted molar refractivity (Wildman–Crippen MR) is 89.2 cm³/mol. The highest BCUT2D eigenvalue weighted by Crippen LogP contribution is 2.38. The zero-order valence-electron chi connectivity index (χ0n) is 12.3. The summed E-state index contributed by atoms with van der Waals surface area (Å²) in [5.41, 5.74) is 2.49. The van der Waals surface area contributed by atoms with Gasteiger partial charge < -0.3 is 9.84 Å². The van der Waals surface area contributed by atoms with E-state index in [-0.39, 0.29) is 10.8 Å². The Morgan fingerprint density at radius 3 is 2.55 bits per heavy atom. The number of carbonyl (C=O) groups is 1. The number of phenolic OH excluding ortho intramolecular Hbond substituents is 1. The molecular weight excluding hydrogens is 300 g/mol. The van der Waals surface area contributed by atoms with Gasteiger partial charge in [-0.25, -0.2) is 4.79 Å². The van der Waals surface area contributed by atoms with Gasteiger partial charge in [-0.05, 0) is 29.7 Å². The van der Waals surface area contributed by atoms with E-state index in [1.54, 1.807) is 6.08 Å². The van der Waals surface area contributed by atoms with Crippen molar-refractivity contribution in [2.75, 3.05) is 6.61 Å². The molecule has 0 fully saturated rings. The summed E-state index contributed by atoms with van der Waals surface area (Å²) in [5, 5.41) is 9.98. The van der Waals surface area contributed by atoms with Crippen molar-refractivity contribution >= 4 is 23.6 Å². The van der Waals surface area contributed by atoms with E-state index in [9.17, 15) is 9.90 Å². The highest BCUT2D eigenvalue weighted by atomic mass is 35.5. The van der Waals surface area contributed by atoms with Crippen LogP contribution in [-0.4, -0.2) is 17.7 Å². The summed E-state index contributed by atoms with van der Waals surface area (Å²) < 4.78 is 5.18. The van der Waals surface area contributed by atoms with Gasteiger partial charge >= 0.3 is 5.97 Å². The molecule has 0 spiro atoms. The number of ether oxygens (including phenoxy) is 1. The first-order valence-corrected chi connectivity index (χ1v) is 7.37. The highest BCUT2D eigenvalue weighted by Gasteiger charge is 2.19. The third-order valence-corrected chi connectivity index (χ3v) is 3.60. The van der Waals surface area contributed by atoms with E-state index in [0.29, 0.717) is 17.7 Å². The lowest BCUT2D eigenvalue weighted by Crippen LogP contribution is -2.08. The fourth-order valence-electron chi connectivity index (χ4n) is 2.08. The quantitative estimate of drug-likeness (QED) is 0.796. The van der Waals surface area contributed by atoms with Gasteiger partial charge in [0.25, 0.3) is 0 Å². The molecule has 0 atom stereocenters. The molecule has 0 aliphatic carbocycles. The molecule has 2 rings (SSSR count). The molecule has 0 heterocycles. The van der Waals surface area contributed by atoms with Gasteiger partial charge in [-0.3, -0.25) is 0 Å². The number of benzene rings is 2. The van der Waals surface area contributed by atoms with Crippen LogP contribution in [0.15, 0.2) is 43.0 Å². The lowest BCUT2D eigenvalue weighted by atomic mass is 9.98. The molecule has 3 nitrogen and oxygen atoms in total. The van der Waals surface area contributed by atoms with Crippen molar-refractivity contribution < 1.29 is 14.6 Å². The van der Waals surface area contributed by atoms with Gasteiger partial charge in [0.1, 0.15) is 5.75 Å². The fraction of sp³-hybridized carbons (Fsp3) is 0.167. The van der Waals surface area contributed by atoms with Gasteiger partial charge in [0.05, 0.1) is 17.2 Å². The maximum absolute atomic E-state index is 12.2. The van der Waals surface area contributed by atoms with Gasteiger partial charge in [-0.15, -0.1) is 0 Å². The molecule has 0 unspecified atom stereocenters. The van der Waals surface area contributed by atoms with Crippen molar-refractivity contribution in [1.82, 2.24) is 0 Å². The second-order valence-electron chi connectivity index (χ2n) is 4.78. The topological polar surface area (TPSA) is 46.5 Å². The summed E-state index contributed by atoms with van der Waals surface area (Å²) in [4.78, 5) is 12.2. The van der Waals surface area contributed by atoms with Gasteiger partial charge in [0.2, 0.25) is 0 Å². The molecule has 0 bridgehead atoms. The van der Waals surface area contributed by atoms with Crippen LogP contribution in [0.5, 0.6) is 5.75 Å². The zero-order valence-corrected chi connectivity index (χ0v) is 13.1. The van der Waals surface area contributed by atoms with Crippen molar-refractivity contribution in [3.63, 3.8) is 0 Å². The Kier molecular flexibility index (Phi) is 5.23. The predicted octanol–water partition coefficient (Wildman–Crippen LogP) is 4.92. The third kappa shape index (κ3) is 3.31. The van der Waals surface area contributed by atoms with E-state index in [1.807, 2.05) is 31.2 Å². The molecule has 22 heavy (non-hydrogen) atoms. The van der Waals surface area contributed by atoms with Crippen LogP contribution >= 0.6 is 11.6 Å². The SMILES string of the molecule is C=Cc1ccc(-c2c(C(=O)OCCC)ccc(O)c2Cl)cc1. The minimum atomic E-state index is -0.452. The highest BCUT2D eigenvalue weighted by molar-refractivity contribution is 6.35. The monoisotopic (exact) mass is 316 g/mol. The number of hydrogen-bond acceptors (Lipinski definition) is 3. The van der Waals surface area contributed by atoms with Crippen LogP contribution < -0.4 is 0 Å². The van der Waals surface area contributed by atoms with Gasteiger partial charge in [0, 0.05) is 5.56 Å². The summed E-state index contributed by atoms with van der Waals surface area (Å²) in [6.07, 6.45) is 2.46. The Bertz CT molecular complexity index is 690. The van der Waals surface area contributed by atoms with Gasteiger partial charge in [0.15, 0.2) is 0 Å². The largest absolute Gasteiger partial charge is 0.506 e. The fourth-order valence-corrected chi connectivity index (χ4v) is 2.35. The van der Waals surface area contributed by atoms with Gasteiger partial charge in [-0.1, -0.05) is 55.4 Å². The molecule has 2 aromatic rings. The summed E-state index contributed by atoms with van der Waals surface area (Å²) in [6, 6.07) is 10.3. The minimum Gasteiger partial charge on any atom is -0.506 e. The molecule has 0 saturated heterocycles. The molecule has 0 aliphatic heterocycles. The van der Waals surface area contributed by atoms with Crippen molar-refractivity contribution in [3.8, 4) is 16.9 Å². The van der Waals surface area contributed by atoms with Crippen LogP contribution in [0.25, 0.3) is 17.2 Å². The van der Waals surface area contributed by atoms with Crippen molar-refractivity contribution in [2.45, 2.75) is 13.3 Å². The minimum absolute atomic E-state index is 0.0727. The lowest BCUT2D eigenvalue weighted by Gasteiger charge is -2.13. The summed E-state index contributed by atoms with van der Waals surface area (Å²) in [7, 11) is 0. The van der Waals surface area contributed by atoms with E-state index < -0.39 is 5.97 Å². The second-order valence-corrected chi connectivity index (χ2v) is 5.16. The molecule has 0 amide bonds. The molecule has 0 radical (unpaired) electrons. The summed E-state index contributed by atoms with van der Waals surface area (Å²) in [5.74, 6) is -0.525. The molecule has 114 valence electrons. The number of carbonyl (C=O) groups excluding carboxylic acids is 1. The molecule has 0 aromatic heterocycles. The van der Waals surface area contributed by atoms with E-state index in [4.69, 9.17) is 16.3 Å². The molecule has 4 heteroatoms. The summed E-state index contributed by atoms with van der Waals surface area (Å²) >= 11 is 6.21. The van der Waals surface area contributed by atoms with Crippen LogP contribution in [0.4, 0.5) is 0 Å². The molecule has 1 N–H and O–H groups in total. The first-order valence-electron chi connectivity index (χ1n) is 7.00. The van der Waals surface area contributed by atoms with Crippen LogP contribution in [0.1, 0.15) is 29.3 Å². The molecular formula is C18H17ClO3. The number of halogens is 1. The van der Waals surface area contributed by atoms with E-state index in [0.717, 1.165) is 17.5 Å². The molecule has 0 aliphatic rings. The first-order chi connectivity index (χ1) is 10.6. The Balaban J connectivity index is 2.53. The Labute approximate surface area is 134 Å². The lowest BCUT2D eigenvalue weighted by molar-refractivity contribution is 0.0506.